The average Bonchev–Trinajstić information content (AvgIpc) is 2.60. The fourth-order valence-corrected chi connectivity index (χ4v) is 4.05. The first-order valence-electron chi connectivity index (χ1n) is 5.77. The summed E-state index contributed by atoms with van der Waals surface area (Å²) in [5.41, 5.74) is 1.68. The van der Waals surface area contributed by atoms with E-state index in [9.17, 15) is 0 Å². The minimum Gasteiger partial charge on any atom is -0.307 e. The third-order valence-electron chi connectivity index (χ3n) is 2.85. The van der Waals surface area contributed by atoms with Crippen LogP contribution in [0.25, 0.3) is 0 Å². The van der Waals surface area contributed by atoms with Crippen molar-refractivity contribution in [3.63, 3.8) is 0 Å². The minimum absolute atomic E-state index is 0.485. The summed E-state index contributed by atoms with van der Waals surface area (Å²) in [5.74, 6) is 2.54. The molecule has 1 N–H and O–H groups in total. The first-order valence-corrected chi connectivity index (χ1v) is 7.81. The van der Waals surface area contributed by atoms with Crippen LogP contribution in [0.5, 0.6) is 0 Å². The Kier molecular flexibility index (Phi) is 3.93. The molecule has 0 saturated carbocycles. The maximum absolute atomic E-state index is 4.48. The van der Waals surface area contributed by atoms with Crippen LogP contribution in [0.3, 0.4) is 0 Å². The van der Waals surface area contributed by atoms with E-state index in [2.05, 4.69) is 48.2 Å². The number of nitrogens with one attached hydrogen (secondary N) is 1. The van der Waals surface area contributed by atoms with Crippen molar-refractivity contribution < 1.29 is 0 Å². The Bertz CT molecular complexity index is 347. The summed E-state index contributed by atoms with van der Waals surface area (Å²) in [5, 5.41) is 6.95. The van der Waals surface area contributed by atoms with Gasteiger partial charge >= 0.3 is 0 Å². The maximum atomic E-state index is 4.48. The SMILES string of the molecule is Cc1nc(CNC2CSCC(C)(C)C2)cs1. The zero-order valence-electron chi connectivity index (χ0n) is 10.2. The second-order valence-electron chi connectivity index (χ2n) is 5.32. The number of aryl methyl sites for hydroxylation is 1. The van der Waals surface area contributed by atoms with Crippen LogP contribution in [-0.4, -0.2) is 22.5 Å². The molecule has 2 nitrogen and oxygen atoms in total. The highest BCUT2D eigenvalue weighted by Crippen LogP contribution is 2.33. The molecule has 0 amide bonds. The summed E-state index contributed by atoms with van der Waals surface area (Å²) in [6.45, 7) is 7.71. The monoisotopic (exact) mass is 256 g/mol. The molecule has 0 bridgehead atoms. The smallest absolute Gasteiger partial charge is 0.0897 e. The lowest BCUT2D eigenvalue weighted by molar-refractivity contribution is 0.317. The average molecular weight is 256 g/mol. The van der Waals surface area contributed by atoms with Crippen molar-refractivity contribution in [1.82, 2.24) is 10.3 Å². The van der Waals surface area contributed by atoms with Crippen LogP contribution in [0.15, 0.2) is 5.38 Å². The predicted octanol–water partition coefficient (Wildman–Crippen LogP) is 3.07. The number of aromatic nitrogens is 1. The van der Waals surface area contributed by atoms with Gasteiger partial charge in [0.2, 0.25) is 0 Å². The van der Waals surface area contributed by atoms with Crippen LogP contribution in [0.1, 0.15) is 31.0 Å². The highest BCUT2D eigenvalue weighted by atomic mass is 32.2. The van der Waals surface area contributed by atoms with Crippen LogP contribution in [0.4, 0.5) is 0 Å². The lowest BCUT2D eigenvalue weighted by Gasteiger charge is -2.35. The Hall–Kier alpha value is -0.0600. The van der Waals surface area contributed by atoms with Gasteiger partial charge in [-0.15, -0.1) is 11.3 Å². The molecular formula is C12H20N2S2. The van der Waals surface area contributed by atoms with Gasteiger partial charge in [-0.05, 0) is 24.5 Å². The fourth-order valence-electron chi connectivity index (χ4n) is 2.13. The van der Waals surface area contributed by atoms with Gasteiger partial charge in [-0.1, -0.05) is 13.8 Å². The van der Waals surface area contributed by atoms with Crippen molar-refractivity contribution >= 4 is 23.1 Å². The summed E-state index contributed by atoms with van der Waals surface area (Å²) in [4.78, 5) is 4.48. The van der Waals surface area contributed by atoms with E-state index >= 15 is 0 Å². The Balaban J connectivity index is 1.82. The second-order valence-corrected chi connectivity index (χ2v) is 7.41. The molecule has 1 saturated heterocycles. The van der Waals surface area contributed by atoms with Crippen molar-refractivity contribution in [2.45, 2.75) is 39.8 Å². The molecule has 16 heavy (non-hydrogen) atoms. The summed E-state index contributed by atoms with van der Waals surface area (Å²) < 4.78 is 0. The van der Waals surface area contributed by atoms with Gasteiger partial charge in [0.05, 0.1) is 10.7 Å². The Morgan fingerprint density at radius 3 is 3.00 bits per heavy atom. The third-order valence-corrected chi connectivity index (χ3v) is 5.30. The minimum atomic E-state index is 0.485. The quantitative estimate of drug-likeness (QED) is 0.899. The lowest BCUT2D eigenvalue weighted by Crippen LogP contribution is -2.40. The van der Waals surface area contributed by atoms with Crippen molar-refractivity contribution in [2.24, 2.45) is 5.41 Å². The molecule has 1 aliphatic heterocycles. The molecule has 1 aromatic heterocycles. The summed E-state index contributed by atoms with van der Waals surface area (Å²) in [6, 6.07) is 0.649. The van der Waals surface area contributed by atoms with E-state index in [1.54, 1.807) is 11.3 Å². The van der Waals surface area contributed by atoms with Crippen molar-refractivity contribution in [1.29, 1.82) is 0 Å². The Morgan fingerprint density at radius 1 is 1.56 bits per heavy atom. The van der Waals surface area contributed by atoms with E-state index in [4.69, 9.17) is 0 Å². The van der Waals surface area contributed by atoms with E-state index in [0.717, 1.165) is 11.6 Å². The maximum Gasteiger partial charge on any atom is 0.0897 e. The van der Waals surface area contributed by atoms with Crippen LogP contribution < -0.4 is 5.32 Å². The van der Waals surface area contributed by atoms with Gasteiger partial charge in [0.25, 0.3) is 0 Å². The molecule has 2 rings (SSSR count). The molecular weight excluding hydrogens is 236 g/mol. The fraction of sp³-hybridized carbons (Fsp3) is 0.750. The molecule has 1 aromatic rings. The van der Waals surface area contributed by atoms with Crippen LogP contribution in [0, 0.1) is 12.3 Å². The molecule has 2 heterocycles. The van der Waals surface area contributed by atoms with E-state index in [0.29, 0.717) is 11.5 Å². The number of thioether (sulfide) groups is 1. The molecule has 1 atom stereocenters. The summed E-state index contributed by atoms with van der Waals surface area (Å²) >= 11 is 3.80. The molecule has 90 valence electrons. The highest BCUT2D eigenvalue weighted by molar-refractivity contribution is 7.99. The number of hydrogen-bond donors (Lipinski definition) is 1. The molecule has 1 fully saturated rings. The van der Waals surface area contributed by atoms with Crippen molar-refractivity contribution in [3.8, 4) is 0 Å². The Morgan fingerprint density at radius 2 is 2.38 bits per heavy atom. The molecule has 0 aliphatic carbocycles. The normalized spacial score (nSPS) is 24.6. The largest absolute Gasteiger partial charge is 0.307 e. The van der Waals surface area contributed by atoms with Gasteiger partial charge in [0.1, 0.15) is 0 Å². The van der Waals surface area contributed by atoms with Crippen LogP contribution >= 0.6 is 23.1 Å². The van der Waals surface area contributed by atoms with Gasteiger partial charge in [-0.25, -0.2) is 4.98 Å². The molecule has 0 aromatic carbocycles. The van der Waals surface area contributed by atoms with Crippen LogP contribution in [0.2, 0.25) is 0 Å². The number of rotatable bonds is 3. The number of thiazole rings is 1. The first-order chi connectivity index (χ1) is 7.55. The van der Waals surface area contributed by atoms with Gasteiger partial charge < -0.3 is 5.32 Å². The molecule has 0 spiro atoms. The second kappa shape index (κ2) is 5.07. The third kappa shape index (κ3) is 3.47. The van der Waals surface area contributed by atoms with E-state index in [1.165, 1.54) is 23.6 Å². The van der Waals surface area contributed by atoms with Gasteiger partial charge in [0, 0.05) is 23.7 Å². The molecule has 4 heteroatoms. The van der Waals surface area contributed by atoms with Crippen molar-refractivity contribution in [2.75, 3.05) is 11.5 Å². The zero-order chi connectivity index (χ0) is 11.6. The lowest BCUT2D eigenvalue weighted by atomic mass is 9.88. The number of nitrogens with zero attached hydrogens (tertiary/aromatic N) is 1. The van der Waals surface area contributed by atoms with Gasteiger partial charge in [0.15, 0.2) is 0 Å². The first kappa shape index (κ1) is 12.4. The summed E-state index contributed by atoms with van der Waals surface area (Å²) in [7, 11) is 0. The van der Waals surface area contributed by atoms with Gasteiger partial charge in [-0.3, -0.25) is 0 Å². The molecule has 1 aliphatic rings. The van der Waals surface area contributed by atoms with Crippen molar-refractivity contribution in [3.05, 3.63) is 16.1 Å². The predicted molar refractivity (Wildman–Crippen MR) is 73.2 cm³/mol. The highest BCUT2D eigenvalue weighted by Gasteiger charge is 2.28. The summed E-state index contributed by atoms with van der Waals surface area (Å²) in [6.07, 6.45) is 1.28. The molecule has 1 unspecified atom stereocenters. The topological polar surface area (TPSA) is 24.9 Å². The van der Waals surface area contributed by atoms with Crippen LogP contribution in [-0.2, 0) is 6.54 Å². The zero-order valence-corrected chi connectivity index (χ0v) is 11.9. The molecule has 0 radical (unpaired) electrons. The number of hydrogen-bond acceptors (Lipinski definition) is 4. The standard InChI is InChI=1S/C12H20N2S2/c1-9-14-11(7-16-9)5-13-10-4-12(2,3)8-15-6-10/h7,10,13H,4-6,8H2,1-3H3. The van der Waals surface area contributed by atoms with E-state index in [-0.39, 0.29) is 0 Å². The van der Waals surface area contributed by atoms with E-state index in [1.807, 2.05) is 0 Å². The Labute approximate surface area is 106 Å². The van der Waals surface area contributed by atoms with E-state index < -0.39 is 0 Å². The van der Waals surface area contributed by atoms with Gasteiger partial charge in [-0.2, -0.15) is 11.8 Å².